The molecule has 3 atom stereocenters. The number of nitrogens with one attached hydrogen (secondary N) is 3. The first-order valence-electron chi connectivity index (χ1n) is 9.99. The Bertz CT molecular complexity index is 654. The van der Waals surface area contributed by atoms with E-state index in [-0.39, 0.29) is 19.4 Å². The maximum atomic E-state index is 12.5. The Morgan fingerprint density at radius 2 is 1.65 bits per heavy atom. The van der Waals surface area contributed by atoms with Crippen molar-refractivity contribution in [1.82, 2.24) is 16.0 Å². The van der Waals surface area contributed by atoms with Gasteiger partial charge in [-0.15, -0.1) is 0 Å². The predicted molar refractivity (Wildman–Crippen MR) is 111 cm³/mol. The van der Waals surface area contributed by atoms with Crippen molar-refractivity contribution in [1.29, 1.82) is 0 Å². The first-order chi connectivity index (χ1) is 14.7. The van der Waals surface area contributed by atoms with E-state index in [4.69, 9.17) is 11.5 Å². The third-order valence-electron chi connectivity index (χ3n) is 4.18. The molecule has 176 valence electrons. The van der Waals surface area contributed by atoms with Crippen molar-refractivity contribution in [3.05, 3.63) is 12.2 Å². The molecule has 0 aromatic carbocycles. The number of carbonyl (C=O) groups is 5. The zero-order valence-electron chi connectivity index (χ0n) is 17.9. The van der Waals surface area contributed by atoms with Crippen molar-refractivity contribution in [3.8, 4) is 0 Å². The van der Waals surface area contributed by atoms with Crippen LogP contribution in [0, 0.1) is 0 Å². The number of rotatable bonds is 15. The third-order valence-corrected chi connectivity index (χ3v) is 4.18. The molecule has 3 amide bonds. The molecule has 0 aliphatic carbocycles. The number of hydrogen-bond donors (Lipinski definition) is 6. The molecule has 12 heteroatoms. The van der Waals surface area contributed by atoms with Crippen LogP contribution in [0.3, 0.4) is 0 Å². The molecule has 0 aromatic rings. The number of hydrogen-bond acceptors (Lipinski definition) is 8. The number of aliphatic carboxylic acids is 1. The van der Waals surface area contributed by atoms with E-state index in [1.54, 1.807) is 6.92 Å². The average Bonchev–Trinajstić information content (AvgIpc) is 2.74. The van der Waals surface area contributed by atoms with Crippen LogP contribution >= 0.6 is 0 Å². The van der Waals surface area contributed by atoms with Crippen LogP contribution in [0.5, 0.6) is 0 Å². The molecule has 0 rings (SSSR count). The molecule has 0 saturated heterocycles. The molecule has 0 fully saturated rings. The van der Waals surface area contributed by atoms with Crippen LogP contribution in [0.4, 0.5) is 0 Å². The van der Waals surface area contributed by atoms with Gasteiger partial charge in [-0.2, -0.15) is 0 Å². The minimum absolute atomic E-state index is 0.218. The van der Waals surface area contributed by atoms with E-state index >= 15 is 0 Å². The molecule has 12 nitrogen and oxygen atoms in total. The topological polar surface area (TPSA) is 203 Å². The Labute approximate surface area is 181 Å². The van der Waals surface area contributed by atoms with Crippen LogP contribution in [0.25, 0.3) is 0 Å². The third kappa shape index (κ3) is 12.3. The molecule has 0 spiro atoms. The summed E-state index contributed by atoms with van der Waals surface area (Å²) in [5.41, 5.74) is 11.1. The standard InChI is InChI=1S/C19H33N5O7/c1-3-6-13(18(28)24-14(19(29)30)7-4-5-10-20)23-17(27)12(21)11-22-15(25)8-9-16(26)31-2/h8-9,12-14H,3-7,10-11,20-21H2,1-2H3,(H,22,25)(H,23,27)(H,24,28)(H,29,30)/b9-8+/t12-,13-,14-/m0/s1. The quantitative estimate of drug-likeness (QED) is 0.0953. The highest BCUT2D eigenvalue weighted by atomic mass is 16.5. The van der Waals surface area contributed by atoms with Gasteiger partial charge in [0.15, 0.2) is 0 Å². The van der Waals surface area contributed by atoms with Crippen molar-refractivity contribution in [2.45, 2.75) is 57.2 Å². The molecule has 0 heterocycles. The Balaban J connectivity index is 4.80. The summed E-state index contributed by atoms with van der Waals surface area (Å²) < 4.78 is 4.35. The van der Waals surface area contributed by atoms with Gasteiger partial charge in [-0.3, -0.25) is 14.4 Å². The fourth-order valence-corrected chi connectivity index (χ4v) is 2.43. The normalized spacial score (nSPS) is 13.7. The molecule has 0 aromatic heterocycles. The number of methoxy groups -OCH3 is 1. The first-order valence-corrected chi connectivity index (χ1v) is 9.99. The van der Waals surface area contributed by atoms with Gasteiger partial charge in [0.05, 0.1) is 7.11 Å². The van der Waals surface area contributed by atoms with Gasteiger partial charge in [-0.05, 0) is 32.2 Å². The number of unbranched alkanes of at least 4 members (excludes halogenated alkanes) is 1. The molecular formula is C19H33N5O7. The maximum Gasteiger partial charge on any atom is 0.330 e. The van der Waals surface area contributed by atoms with E-state index in [1.807, 2.05) is 0 Å². The van der Waals surface area contributed by atoms with Gasteiger partial charge < -0.3 is 37.3 Å². The molecule has 0 saturated carbocycles. The largest absolute Gasteiger partial charge is 0.480 e. The van der Waals surface area contributed by atoms with Crippen molar-refractivity contribution in [3.63, 3.8) is 0 Å². The molecule has 0 bridgehead atoms. The van der Waals surface area contributed by atoms with Gasteiger partial charge in [-0.25, -0.2) is 9.59 Å². The zero-order valence-corrected chi connectivity index (χ0v) is 17.9. The van der Waals surface area contributed by atoms with Crippen LogP contribution in [-0.2, 0) is 28.7 Å². The fourth-order valence-electron chi connectivity index (χ4n) is 2.43. The van der Waals surface area contributed by atoms with E-state index in [1.165, 1.54) is 0 Å². The van der Waals surface area contributed by atoms with Crippen molar-refractivity contribution >= 4 is 29.7 Å². The summed E-state index contributed by atoms with van der Waals surface area (Å²) in [6, 6.07) is -3.23. The Morgan fingerprint density at radius 3 is 2.19 bits per heavy atom. The van der Waals surface area contributed by atoms with Gasteiger partial charge in [0.2, 0.25) is 17.7 Å². The number of amides is 3. The molecule has 0 unspecified atom stereocenters. The minimum Gasteiger partial charge on any atom is -0.480 e. The van der Waals surface area contributed by atoms with E-state index < -0.39 is 47.8 Å². The van der Waals surface area contributed by atoms with Crippen LogP contribution in [0.1, 0.15) is 39.0 Å². The lowest BCUT2D eigenvalue weighted by molar-refractivity contribution is -0.142. The Kier molecular flexibility index (Phi) is 14.3. The summed E-state index contributed by atoms with van der Waals surface area (Å²) in [5.74, 6) is -3.87. The molecule has 0 aliphatic heterocycles. The molecule has 8 N–H and O–H groups in total. The highest BCUT2D eigenvalue weighted by molar-refractivity contribution is 5.95. The average molecular weight is 444 g/mol. The lowest BCUT2D eigenvalue weighted by atomic mass is 10.1. The van der Waals surface area contributed by atoms with Gasteiger partial charge in [-0.1, -0.05) is 13.3 Å². The van der Waals surface area contributed by atoms with Crippen molar-refractivity contribution in [2.75, 3.05) is 20.2 Å². The summed E-state index contributed by atoms with van der Waals surface area (Å²) in [7, 11) is 1.16. The molecular weight excluding hydrogens is 410 g/mol. The molecule has 0 radical (unpaired) electrons. The molecule has 0 aliphatic rings. The lowest BCUT2D eigenvalue weighted by Gasteiger charge is -2.22. The number of carbonyl (C=O) groups excluding carboxylic acids is 4. The maximum absolute atomic E-state index is 12.5. The Morgan fingerprint density at radius 1 is 1.00 bits per heavy atom. The van der Waals surface area contributed by atoms with Crippen molar-refractivity contribution in [2.24, 2.45) is 11.5 Å². The fraction of sp³-hybridized carbons (Fsp3) is 0.632. The predicted octanol–water partition coefficient (Wildman–Crippen LogP) is -1.86. The highest BCUT2D eigenvalue weighted by Gasteiger charge is 2.27. The van der Waals surface area contributed by atoms with Crippen LogP contribution in [0.15, 0.2) is 12.2 Å². The molecule has 31 heavy (non-hydrogen) atoms. The smallest absolute Gasteiger partial charge is 0.330 e. The van der Waals surface area contributed by atoms with E-state index in [9.17, 15) is 29.1 Å². The lowest BCUT2D eigenvalue weighted by Crippen LogP contribution is -2.56. The van der Waals surface area contributed by atoms with Gasteiger partial charge in [0.1, 0.15) is 18.1 Å². The summed E-state index contributed by atoms with van der Waals surface area (Å²) >= 11 is 0. The van der Waals surface area contributed by atoms with E-state index in [2.05, 4.69) is 20.7 Å². The van der Waals surface area contributed by atoms with Gasteiger partial charge in [0.25, 0.3) is 0 Å². The van der Waals surface area contributed by atoms with Crippen LogP contribution < -0.4 is 27.4 Å². The van der Waals surface area contributed by atoms with Gasteiger partial charge in [0, 0.05) is 18.7 Å². The monoisotopic (exact) mass is 443 g/mol. The van der Waals surface area contributed by atoms with Crippen molar-refractivity contribution < 1.29 is 33.8 Å². The minimum atomic E-state index is -1.17. The summed E-state index contributed by atoms with van der Waals surface area (Å²) in [4.78, 5) is 58.7. The summed E-state index contributed by atoms with van der Waals surface area (Å²) in [6.45, 7) is 1.98. The van der Waals surface area contributed by atoms with Crippen LogP contribution in [0.2, 0.25) is 0 Å². The first kappa shape index (κ1) is 28.0. The number of nitrogens with two attached hydrogens (primary N) is 2. The number of esters is 1. The number of ether oxygens (including phenoxy) is 1. The van der Waals surface area contributed by atoms with Gasteiger partial charge >= 0.3 is 11.9 Å². The Hall–Kier alpha value is -2.99. The number of carboxylic acids is 1. The van der Waals surface area contributed by atoms with E-state index in [0.717, 1.165) is 19.3 Å². The summed E-state index contributed by atoms with van der Waals surface area (Å²) in [5, 5.41) is 16.5. The van der Waals surface area contributed by atoms with E-state index in [0.29, 0.717) is 25.8 Å². The summed E-state index contributed by atoms with van der Waals surface area (Å²) in [6.07, 6.45) is 4.05. The zero-order chi connectivity index (χ0) is 23.8. The second-order valence-electron chi connectivity index (χ2n) is 6.74. The van der Waals surface area contributed by atoms with Crippen LogP contribution in [-0.4, -0.2) is 73.1 Å². The number of carboxylic acid groups (broad SMARTS) is 1. The SMILES string of the molecule is CCC[C@H](NC(=O)[C@@H](N)CNC(=O)/C=C/C(=O)OC)C(=O)N[C@@H](CCCCN)C(=O)O. The second-order valence-corrected chi connectivity index (χ2v) is 6.74. The second kappa shape index (κ2) is 15.8. The highest BCUT2D eigenvalue weighted by Crippen LogP contribution is 2.04.